The standard InChI is InChI=1S/C26H28F4N2O2/c1-3-25(33)31(2)24(14-19-5-8-21(28)16-23(19)30)18-10-12-32(13-11-18)26(34)9-6-17-4-7-20(27)15-22(17)29/h4-9,15-16,18,24H,3,10-14H2,1-2H3/b9-6+/t24-/m0/s1. The van der Waals surface area contributed by atoms with Crippen molar-refractivity contribution in [1.82, 2.24) is 9.80 Å². The molecule has 0 spiro atoms. The molecule has 0 saturated carbocycles. The van der Waals surface area contributed by atoms with Crippen LogP contribution in [0.2, 0.25) is 0 Å². The van der Waals surface area contributed by atoms with Crippen molar-refractivity contribution < 1.29 is 27.2 Å². The Balaban J connectivity index is 1.67. The molecule has 0 aromatic heterocycles. The van der Waals surface area contributed by atoms with E-state index in [0.717, 1.165) is 18.2 Å². The van der Waals surface area contributed by atoms with Crippen LogP contribution in [0.25, 0.3) is 6.08 Å². The minimum atomic E-state index is -0.748. The number of likely N-dealkylation sites (N-methyl/N-ethyl adjacent to an activating group) is 1. The molecule has 34 heavy (non-hydrogen) atoms. The van der Waals surface area contributed by atoms with Crippen LogP contribution in [0.15, 0.2) is 42.5 Å². The predicted octanol–water partition coefficient (Wildman–Crippen LogP) is 4.97. The summed E-state index contributed by atoms with van der Waals surface area (Å²) >= 11 is 0. The van der Waals surface area contributed by atoms with Gasteiger partial charge in [0.05, 0.1) is 0 Å². The number of hydrogen-bond donors (Lipinski definition) is 0. The fourth-order valence-electron chi connectivity index (χ4n) is 4.37. The minimum Gasteiger partial charge on any atom is -0.342 e. The van der Waals surface area contributed by atoms with E-state index in [-0.39, 0.29) is 35.8 Å². The predicted molar refractivity (Wildman–Crippen MR) is 122 cm³/mol. The Morgan fingerprint density at radius 1 is 1.03 bits per heavy atom. The highest BCUT2D eigenvalue weighted by Gasteiger charge is 2.32. The van der Waals surface area contributed by atoms with E-state index in [1.54, 1.807) is 23.8 Å². The number of amides is 2. The Hall–Kier alpha value is -3.16. The van der Waals surface area contributed by atoms with Crippen LogP contribution in [0, 0.1) is 29.2 Å². The van der Waals surface area contributed by atoms with E-state index in [4.69, 9.17) is 0 Å². The molecule has 2 amide bonds. The molecule has 1 fully saturated rings. The van der Waals surface area contributed by atoms with E-state index < -0.39 is 23.3 Å². The van der Waals surface area contributed by atoms with Gasteiger partial charge >= 0.3 is 0 Å². The summed E-state index contributed by atoms with van der Waals surface area (Å²) < 4.78 is 54.5. The fraction of sp³-hybridized carbons (Fsp3) is 0.385. The highest BCUT2D eigenvalue weighted by Crippen LogP contribution is 2.28. The molecule has 1 atom stereocenters. The maximum atomic E-state index is 14.3. The zero-order chi connectivity index (χ0) is 24.8. The van der Waals surface area contributed by atoms with Crippen LogP contribution in [-0.2, 0) is 16.0 Å². The van der Waals surface area contributed by atoms with Gasteiger partial charge in [-0.2, -0.15) is 0 Å². The van der Waals surface area contributed by atoms with Crippen molar-refractivity contribution in [3.05, 3.63) is 76.9 Å². The summed E-state index contributed by atoms with van der Waals surface area (Å²) in [6.45, 7) is 2.61. The van der Waals surface area contributed by atoms with E-state index in [1.807, 2.05) is 0 Å². The molecule has 1 saturated heterocycles. The SMILES string of the molecule is CCC(=O)N(C)[C@@H](Cc1ccc(F)cc1F)C1CCN(C(=O)/C=C/c2ccc(F)cc2F)CC1. The van der Waals surface area contributed by atoms with E-state index in [1.165, 1.54) is 30.4 Å². The number of piperidine rings is 1. The van der Waals surface area contributed by atoms with Crippen molar-refractivity contribution >= 4 is 17.9 Å². The van der Waals surface area contributed by atoms with Gasteiger partial charge < -0.3 is 9.80 Å². The van der Waals surface area contributed by atoms with E-state index in [2.05, 4.69) is 0 Å². The van der Waals surface area contributed by atoms with Gasteiger partial charge in [0.1, 0.15) is 23.3 Å². The van der Waals surface area contributed by atoms with Crippen molar-refractivity contribution in [1.29, 1.82) is 0 Å². The molecule has 182 valence electrons. The largest absolute Gasteiger partial charge is 0.342 e. The molecule has 1 heterocycles. The van der Waals surface area contributed by atoms with E-state index >= 15 is 0 Å². The number of likely N-dealkylation sites (tertiary alicyclic amines) is 1. The van der Waals surface area contributed by atoms with Crippen LogP contribution < -0.4 is 0 Å². The molecule has 1 aliphatic rings. The van der Waals surface area contributed by atoms with E-state index in [0.29, 0.717) is 37.9 Å². The molecule has 0 radical (unpaired) electrons. The number of benzene rings is 2. The molecule has 0 N–H and O–H groups in total. The normalized spacial score (nSPS) is 15.5. The average molecular weight is 477 g/mol. The zero-order valence-corrected chi connectivity index (χ0v) is 19.2. The Bertz CT molecular complexity index is 1060. The molecule has 0 unspecified atom stereocenters. The maximum Gasteiger partial charge on any atom is 0.246 e. The van der Waals surface area contributed by atoms with Crippen molar-refractivity contribution in [2.24, 2.45) is 5.92 Å². The molecule has 0 aliphatic carbocycles. The summed E-state index contributed by atoms with van der Waals surface area (Å²) in [5, 5.41) is 0. The Morgan fingerprint density at radius 2 is 1.65 bits per heavy atom. The second-order valence-corrected chi connectivity index (χ2v) is 8.53. The third kappa shape index (κ3) is 6.24. The lowest BCUT2D eigenvalue weighted by Crippen LogP contribution is -2.48. The molecule has 3 rings (SSSR count). The van der Waals surface area contributed by atoms with Gasteiger partial charge in [0, 0.05) is 56.4 Å². The second kappa shape index (κ2) is 11.3. The highest BCUT2D eigenvalue weighted by atomic mass is 19.1. The van der Waals surface area contributed by atoms with Crippen LogP contribution in [-0.4, -0.2) is 47.8 Å². The van der Waals surface area contributed by atoms with Crippen LogP contribution in [0.5, 0.6) is 0 Å². The Labute approximate surface area is 196 Å². The van der Waals surface area contributed by atoms with Crippen molar-refractivity contribution in [3.63, 3.8) is 0 Å². The molecule has 8 heteroatoms. The van der Waals surface area contributed by atoms with Crippen molar-refractivity contribution in [2.75, 3.05) is 20.1 Å². The van der Waals surface area contributed by atoms with Gasteiger partial charge in [0.15, 0.2) is 0 Å². The third-order valence-electron chi connectivity index (χ3n) is 6.40. The van der Waals surface area contributed by atoms with Crippen LogP contribution >= 0.6 is 0 Å². The molecular formula is C26H28F4N2O2. The molecule has 2 aromatic carbocycles. The number of carbonyl (C=O) groups excluding carboxylic acids is 2. The second-order valence-electron chi connectivity index (χ2n) is 8.53. The number of nitrogens with zero attached hydrogens (tertiary/aromatic N) is 2. The summed E-state index contributed by atoms with van der Waals surface area (Å²) in [6.07, 6.45) is 4.32. The van der Waals surface area contributed by atoms with Gasteiger partial charge in [-0.3, -0.25) is 9.59 Å². The average Bonchev–Trinajstić information content (AvgIpc) is 2.82. The van der Waals surface area contributed by atoms with Gasteiger partial charge in [0.2, 0.25) is 11.8 Å². The molecule has 4 nitrogen and oxygen atoms in total. The van der Waals surface area contributed by atoms with Gasteiger partial charge in [0.25, 0.3) is 0 Å². The topological polar surface area (TPSA) is 40.6 Å². The minimum absolute atomic E-state index is 0.0209. The van der Waals surface area contributed by atoms with E-state index in [9.17, 15) is 27.2 Å². The number of carbonyl (C=O) groups is 2. The van der Waals surface area contributed by atoms with Crippen LogP contribution in [0.3, 0.4) is 0 Å². The first-order chi connectivity index (χ1) is 16.2. The fourth-order valence-corrected chi connectivity index (χ4v) is 4.37. The number of halogens is 4. The quantitative estimate of drug-likeness (QED) is 0.418. The lowest BCUT2D eigenvalue weighted by molar-refractivity contribution is -0.134. The summed E-state index contributed by atoms with van der Waals surface area (Å²) in [4.78, 5) is 28.2. The van der Waals surface area contributed by atoms with Gasteiger partial charge in [-0.05, 0) is 55.0 Å². The number of hydrogen-bond acceptors (Lipinski definition) is 2. The molecule has 1 aliphatic heterocycles. The molecular weight excluding hydrogens is 448 g/mol. The van der Waals surface area contributed by atoms with Crippen molar-refractivity contribution in [2.45, 2.75) is 38.6 Å². The molecule has 2 aromatic rings. The summed E-state index contributed by atoms with van der Waals surface area (Å²) in [5.74, 6) is -3.08. The third-order valence-corrected chi connectivity index (χ3v) is 6.40. The Kier molecular flexibility index (Phi) is 8.47. The summed E-state index contributed by atoms with van der Waals surface area (Å²) in [7, 11) is 1.69. The lowest BCUT2D eigenvalue weighted by Gasteiger charge is -2.40. The first-order valence-electron chi connectivity index (χ1n) is 11.3. The Morgan fingerprint density at radius 3 is 2.24 bits per heavy atom. The first kappa shape index (κ1) is 25.5. The van der Waals surface area contributed by atoms with Crippen molar-refractivity contribution in [3.8, 4) is 0 Å². The molecule has 0 bridgehead atoms. The highest BCUT2D eigenvalue weighted by molar-refractivity contribution is 5.91. The number of rotatable bonds is 7. The van der Waals surface area contributed by atoms with Crippen LogP contribution in [0.1, 0.15) is 37.3 Å². The lowest BCUT2D eigenvalue weighted by atomic mass is 9.84. The van der Waals surface area contributed by atoms with Gasteiger partial charge in [-0.15, -0.1) is 0 Å². The van der Waals surface area contributed by atoms with Crippen LogP contribution in [0.4, 0.5) is 17.6 Å². The summed E-state index contributed by atoms with van der Waals surface area (Å²) in [5.41, 5.74) is 0.454. The van der Waals surface area contributed by atoms with Gasteiger partial charge in [-0.1, -0.05) is 13.0 Å². The zero-order valence-electron chi connectivity index (χ0n) is 19.2. The maximum absolute atomic E-state index is 14.3. The first-order valence-corrected chi connectivity index (χ1v) is 11.3. The summed E-state index contributed by atoms with van der Waals surface area (Å²) in [6, 6.07) is 6.29. The van der Waals surface area contributed by atoms with Gasteiger partial charge in [-0.25, -0.2) is 17.6 Å². The monoisotopic (exact) mass is 476 g/mol. The smallest absolute Gasteiger partial charge is 0.246 e.